The maximum Gasteiger partial charge on any atom is 0.0241 e. The Labute approximate surface area is 160 Å². The van der Waals surface area contributed by atoms with Crippen molar-refractivity contribution in [1.29, 1.82) is 0 Å². The van der Waals surface area contributed by atoms with Gasteiger partial charge in [0.25, 0.3) is 0 Å². The molecular weight excluding hydrogens is 326 g/mol. The largest absolute Gasteiger partial charge is 0.327 e. The van der Waals surface area contributed by atoms with Gasteiger partial charge in [-0.1, -0.05) is 113 Å². The van der Waals surface area contributed by atoms with Gasteiger partial charge in [-0.3, -0.25) is 0 Å². The van der Waals surface area contributed by atoms with Crippen molar-refractivity contribution < 1.29 is 0 Å². The van der Waals surface area contributed by atoms with Crippen LogP contribution in [0.2, 0.25) is 0 Å². The molecule has 1 nitrogen and oxygen atoms in total. The average Bonchev–Trinajstić information content (AvgIpc) is 2.63. The van der Waals surface area contributed by atoms with Gasteiger partial charge in [0.05, 0.1) is 0 Å². The standard InChI is InChI=1S/C23H33N.ClH/c1-2-3-4-5-6-7-14-19-22(24)23(20-15-10-8-11-16-20)21-17-12-9-13-18-21;/h8-13,15-18,22-23H,2-7,14,19,24H2,1H3;1H. The van der Waals surface area contributed by atoms with E-state index in [2.05, 4.69) is 67.6 Å². The number of halogens is 1. The van der Waals surface area contributed by atoms with Gasteiger partial charge in [0.15, 0.2) is 0 Å². The summed E-state index contributed by atoms with van der Waals surface area (Å²) in [5.74, 6) is 0.299. The first-order valence-electron chi connectivity index (χ1n) is 9.68. The molecule has 0 saturated heterocycles. The fourth-order valence-corrected chi connectivity index (χ4v) is 3.51. The number of benzene rings is 2. The van der Waals surface area contributed by atoms with Gasteiger partial charge in [-0.25, -0.2) is 0 Å². The zero-order valence-electron chi connectivity index (χ0n) is 15.6. The predicted octanol–water partition coefficient (Wildman–Crippen LogP) is 6.71. The fourth-order valence-electron chi connectivity index (χ4n) is 3.51. The van der Waals surface area contributed by atoms with E-state index in [1.54, 1.807) is 0 Å². The van der Waals surface area contributed by atoms with Crippen LogP contribution in [0.15, 0.2) is 60.7 Å². The van der Waals surface area contributed by atoms with Crippen LogP contribution in [0.25, 0.3) is 0 Å². The molecule has 0 radical (unpaired) electrons. The molecular formula is C23H34ClN. The highest BCUT2D eigenvalue weighted by atomic mass is 35.5. The van der Waals surface area contributed by atoms with Crippen molar-refractivity contribution in [2.75, 3.05) is 0 Å². The van der Waals surface area contributed by atoms with Crippen molar-refractivity contribution in [3.8, 4) is 0 Å². The first-order chi connectivity index (χ1) is 11.8. The molecule has 0 aliphatic heterocycles. The lowest BCUT2D eigenvalue weighted by Crippen LogP contribution is -2.29. The Morgan fingerprint density at radius 1 is 0.680 bits per heavy atom. The van der Waals surface area contributed by atoms with Gasteiger partial charge < -0.3 is 5.73 Å². The van der Waals surface area contributed by atoms with E-state index in [1.807, 2.05) is 0 Å². The zero-order chi connectivity index (χ0) is 17.0. The van der Waals surface area contributed by atoms with E-state index >= 15 is 0 Å². The molecule has 2 aromatic carbocycles. The number of hydrogen-bond donors (Lipinski definition) is 1. The van der Waals surface area contributed by atoms with Crippen LogP contribution in [-0.4, -0.2) is 6.04 Å². The van der Waals surface area contributed by atoms with Gasteiger partial charge in [0, 0.05) is 12.0 Å². The van der Waals surface area contributed by atoms with E-state index < -0.39 is 0 Å². The summed E-state index contributed by atoms with van der Waals surface area (Å²) in [6.45, 7) is 2.27. The molecule has 0 saturated carbocycles. The monoisotopic (exact) mass is 359 g/mol. The second-order valence-electron chi connectivity index (χ2n) is 6.87. The van der Waals surface area contributed by atoms with E-state index in [4.69, 9.17) is 5.73 Å². The normalized spacial score (nSPS) is 12.0. The summed E-state index contributed by atoms with van der Waals surface area (Å²) in [7, 11) is 0. The minimum Gasteiger partial charge on any atom is -0.327 e. The summed E-state index contributed by atoms with van der Waals surface area (Å²) in [5, 5.41) is 0. The third-order valence-electron chi connectivity index (χ3n) is 4.89. The van der Waals surface area contributed by atoms with E-state index in [0.717, 1.165) is 6.42 Å². The molecule has 1 atom stereocenters. The smallest absolute Gasteiger partial charge is 0.0241 e. The molecule has 0 bridgehead atoms. The summed E-state index contributed by atoms with van der Waals surface area (Å²) in [6, 6.07) is 21.6. The van der Waals surface area contributed by atoms with Gasteiger partial charge in [0.1, 0.15) is 0 Å². The van der Waals surface area contributed by atoms with Gasteiger partial charge in [-0.05, 0) is 17.5 Å². The van der Waals surface area contributed by atoms with Gasteiger partial charge >= 0.3 is 0 Å². The summed E-state index contributed by atoms with van der Waals surface area (Å²) in [5.41, 5.74) is 9.31. The lowest BCUT2D eigenvalue weighted by atomic mass is 9.83. The molecule has 0 aliphatic rings. The molecule has 0 aliphatic carbocycles. The van der Waals surface area contributed by atoms with Crippen molar-refractivity contribution >= 4 is 12.4 Å². The third-order valence-corrected chi connectivity index (χ3v) is 4.89. The Bertz CT molecular complexity index is 501. The van der Waals surface area contributed by atoms with Crippen LogP contribution >= 0.6 is 12.4 Å². The lowest BCUT2D eigenvalue weighted by molar-refractivity contribution is 0.499. The molecule has 0 fully saturated rings. The topological polar surface area (TPSA) is 26.0 Å². The number of hydrogen-bond acceptors (Lipinski definition) is 1. The number of rotatable bonds is 11. The van der Waals surface area contributed by atoms with Crippen LogP contribution in [0.4, 0.5) is 0 Å². The summed E-state index contributed by atoms with van der Waals surface area (Å²) < 4.78 is 0. The molecule has 0 aromatic heterocycles. The van der Waals surface area contributed by atoms with Crippen molar-refractivity contribution in [2.24, 2.45) is 5.73 Å². The highest BCUT2D eigenvalue weighted by molar-refractivity contribution is 5.85. The van der Waals surface area contributed by atoms with Crippen molar-refractivity contribution in [3.05, 3.63) is 71.8 Å². The first kappa shape index (κ1) is 21.7. The highest BCUT2D eigenvalue weighted by Crippen LogP contribution is 2.29. The number of nitrogens with two attached hydrogens (primary N) is 1. The van der Waals surface area contributed by atoms with Crippen LogP contribution in [0.5, 0.6) is 0 Å². The molecule has 2 aromatic rings. The predicted molar refractivity (Wildman–Crippen MR) is 113 cm³/mol. The molecule has 25 heavy (non-hydrogen) atoms. The van der Waals surface area contributed by atoms with Crippen LogP contribution in [0, 0.1) is 0 Å². The van der Waals surface area contributed by atoms with Crippen LogP contribution in [0.3, 0.4) is 0 Å². The fraction of sp³-hybridized carbons (Fsp3) is 0.478. The Morgan fingerprint density at radius 3 is 1.60 bits per heavy atom. The minimum absolute atomic E-state index is 0. The SMILES string of the molecule is CCCCCCCCCC(N)C(c1ccccc1)c1ccccc1.Cl. The molecule has 1 unspecified atom stereocenters. The molecule has 2 rings (SSSR count). The number of unbranched alkanes of at least 4 members (excludes halogenated alkanes) is 6. The van der Waals surface area contributed by atoms with Crippen LogP contribution in [0.1, 0.15) is 75.3 Å². The maximum atomic E-state index is 6.64. The molecule has 0 amide bonds. The third kappa shape index (κ3) is 7.63. The van der Waals surface area contributed by atoms with Gasteiger partial charge in [-0.15, -0.1) is 12.4 Å². The molecule has 2 N–H and O–H groups in total. The van der Waals surface area contributed by atoms with Crippen LogP contribution < -0.4 is 5.73 Å². The second-order valence-corrected chi connectivity index (χ2v) is 6.87. The minimum atomic E-state index is 0. The van der Waals surface area contributed by atoms with E-state index in [9.17, 15) is 0 Å². The Hall–Kier alpha value is -1.31. The molecule has 0 spiro atoms. The molecule has 138 valence electrons. The Morgan fingerprint density at radius 2 is 1.12 bits per heavy atom. The van der Waals surface area contributed by atoms with E-state index in [1.165, 1.54) is 56.1 Å². The molecule has 2 heteroatoms. The van der Waals surface area contributed by atoms with Crippen molar-refractivity contribution in [2.45, 2.75) is 70.3 Å². The van der Waals surface area contributed by atoms with Crippen molar-refractivity contribution in [1.82, 2.24) is 0 Å². The lowest BCUT2D eigenvalue weighted by Gasteiger charge is -2.25. The van der Waals surface area contributed by atoms with Gasteiger partial charge in [0.2, 0.25) is 0 Å². The Balaban J connectivity index is 0.00000312. The second kappa shape index (κ2) is 13.0. The molecule has 0 heterocycles. The Kier molecular flexibility index (Phi) is 11.3. The highest BCUT2D eigenvalue weighted by Gasteiger charge is 2.21. The zero-order valence-corrected chi connectivity index (χ0v) is 16.4. The van der Waals surface area contributed by atoms with Crippen LogP contribution in [-0.2, 0) is 0 Å². The van der Waals surface area contributed by atoms with Gasteiger partial charge in [-0.2, -0.15) is 0 Å². The van der Waals surface area contributed by atoms with Crippen molar-refractivity contribution in [3.63, 3.8) is 0 Å². The summed E-state index contributed by atoms with van der Waals surface area (Å²) in [4.78, 5) is 0. The van der Waals surface area contributed by atoms with E-state index in [0.29, 0.717) is 5.92 Å². The quantitative estimate of drug-likeness (QED) is 0.443. The summed E-state index contributed by atoms with van der Waals surface area (Å²) >= 11 is 0. The maximum absolute atomic E-state index is 6.64. The first-order valence-corrected chi connectivity index (χ1v) is 9.68. The van der Waals surface area contributed by atoms with E-state index in [-0.39, 0.29) is 18.4 Å². The average molecular weight is 360 g/mol. The summed E-state index contributed by atoms with van der Waals surface area (Å²) in [6.07, 6.45) is 10.5.